The molecular formula is C13H19FN4O2. The van der Waals surface area contributed by atoms with Crippen LogP contribution in [-0.4, -0.2) is 46.6 Å². The first-order valence-corrected chi connectivity index (χ1v) is 6.86. The molecule has 0 aromatic carbocycles. The van der Waals surface area contributed by atoms with Crippen LogP contribution in [-0.2, 0) is 0 Å². The van der Waals surface area contributed by atoms with Crippen molar-refractivity contribution in [1.82, 2.24) is 20.2 Å². The summed E-state index contributed by atoms with van der Waals surface area (Å²) in [6, 6.07) is 0.0763. The Morgan fingerprint density at radius 2 is 2.30 bits per heavy atom. The number of urea groups is 1. The van der Waals surface area contributed by atoms with Gasteiger partial charge in [-0.1, -0.05) is 6.92 Å². The van der Waals surface area contributed by atoms with Gasteiger partial charge in [-0.05, 0) is 19.3 Å². The van der Waals surface area contributed by atoms with Crippen molar-refractivity contribution in [3.8, 4) is 6.01 Å². The summed E-state index contributed by atoms with van der Waals surface area (Å²) in [7, 11) is 0. The Morgan fingerprint density at radius 3 is 3.00 bits per heavy atom. The lowest BCUT2D eigenvalue weighted by molar-refractivity contribution is 0.0937. The van der Waals surface area contributed by atoms with Gasteiger partial charge >= 0.3 is 12.0 Å². The molecule has 2 rings (SSSR count). The second-order valence-corrected chi connectivity index (χ2v) is 4.74. The van der Waals surface area contributed by atoms with Crippen molar-refractivity contribution in [3.63, 3.8) is 0 Å². The van der Waals surface area contributed by atoms with Crippen LogP contribution in [0.1, 0.15) is 26.2 Å². The summed E-state index contributed by atoms with van der Waals surface area (Å²) in [6.07, 6.45) is 4.59. The highest BCUT2D eigenvalue weighted by Crippen LogP contribution is 2.15. The van der Waals surface area contributed by atoms with Crippen LogP contribution in [0.25, 0.3) is 0 Å². The highest BCUT2D eigenvalue weighted by Gasteiger charge is 2.25. The Kier molecular flexibility index (Phi) is 5.09. The molecule has 1 saturated heterocycles. The fraction of sp³-hybridized carbons (Fsp3) is 0.615. The molecule has 1 aliphatic heterocycles. The molecule has 7 heteroatoms. The van der Waals surface area contributed by atoms with Crippen molar-refractivity contribution in [3.05, 3.63) is 18.2 Å². The van der Waals surface area contributed by atoms with E-state index in [2.05, 4.69) is 15.3 Å². The molecule has 110 valence electrons. The van der Waals surface area contributed by atoms with Crippen LogP contribution in [0.4, 0.5) is 9.18 Å². The van der Waals surface area contributed by atoms with Gasteiger partial charge < -0.3 is 15.0 Å². The Labute approximate surface area is 117 Å². The van der Waals surface area contributed by atoms with Gasteiger partial charge in [0.05, 0.1) is 18.9 Å². The monoisotopic (exact) mass is 282 g/mol. The predicted molar refractivity (Wildman–Crippen MR) is 70.9 cm³/mol. The Hall–Kier alpha value is -1.92. The van der Waals surface area contributed by atoms with E-state index in [4.69, 9.17) is 4.74 Å². The first-order chi connectivity index (χ1) is 9.69. The summed E-state index contributed by atoms with van der Waals surface area (Å²) in [6.45, 7) is 3.90. The maximum atomic E-state index is 12.7. The zero-order chi connectivity index (χ0) is 14.4. The number of hydrogen-bond donors (Lipinski definition) is 1. The molecule has 1 N–H and O–H groups in total. The average molecular weight is 282 g/mol. The average Bonchev–Trinajstić information content (AvgIpc) is 2.47. The van der Waals surface area contributed by atoms with Crippen LogP contribution < -0.4 is 10.1 Å². The molecule has 0 bridgehead atoms. The number of ether oxygens (including phenoxy) is 1. The molecule has 1 fully saturated rings. The summed E-state index contributed by atoms with van der Waals surface area (Å²) in [5.41, 5.74) is 0. The number of amides is 2. The van der Waals surface area contributed by atoms with Gasteiger partial charge in [-0.3, -0.25) is 0 Å². The van der Waals surface area contributed by atoms with Gasteiger partial charge in [-0.15, -0.1) is 0 Å². The first-order valence-electron chi connectivity index (χ1n) is 6.86. The van der Waals surface area contributed by atoms with E-state index >= 15 is 0 Å². The predicted octanol–water partition coefficient (Wildman–Crippen LogP) is 1.58. The van der Waals surface area contributed by atoms with E-state index in [1.165, 1.54) is 0 Å². The van der Waals surface area contributed by atoms with Crippen molar-refractivity contribution in [2.75, 3.05) is 19.6 Å². The van der Waals surface area contributed by atoms with Crippen molar-refractivity contribution in [2.45, 2.75) is 32.3 Å². The number of halogens is 1. The zero-order valence-electron chi connectivity index (χ0n) is 11.5. The van der Waals surface area contributed by atoms with Gasteiger partial charge in [0, 0.05) is 13.1 Å². The van der Waals surface area contributed by atoms with Crippen LogP contribution in [0.3, 0.4) is 0 Å². The van der Waals surface area contributed by atoms with E-state index in [0.717, 1.165) is 38.2 Å². The molecule has 1 aromatic heterocycles. The summed E-state index contributed by atoms with van der Waals surface area (Å²) < 4.78 is 18.3. The number of piperidine rings is 1. The number of nitrogens with zero attached hydrogens (tertiary/aromatic N) is 3. The zero-order valence-corrected chi connectivity index (χ0v) is 11.5. The van der Waals surface area contributed by atoms with Crippen LogP contribution >= 0.6 is 0 Å². The number of aromatic nitrogens is 2. The molecule has 1 atom stereocenters. The van der Waals surface area contributed by atoms with E-state index in [1.54, 1.807) is 4.90 Å². The number of likely N-dealkylation sites (tertiary alicyclic amines) is 1. The topological polar surface area (TPSA) is 67.4 Å². The number of nitrogens with one attached hydrogen (secondary N) is 1. The lowest BCUT2D eigenvalue weighted by Crippen LogP contribution is -2.48. The van der Waals surface area contributed by atoms with Crippen LogP contribution in [0.5, 0.6) is 6.01 Å². The fourth-order valence-corrected chi connectivity index (χ4v) is 2.07. The molecule has 0 spiro atoms. The molecule has 2 heterocycles. The summed E-state index contributed by atoms with van der Waals surface area (Å²) >= 11 is 0. The second-order valence-electron chi connectivity index (χ2n) is 4.74. The van der Waals surface area contributed by atoms with E-state index in [0.29, 0.717) is 13.1 Å². The largest absolute Gasteiger partial charge is 0.458 e. The Bertz CT molecular complexity index is 441. The normalized spacial score (nSPS) is 18.7. The minimum atomic E-state index is -0.499. The number of carbonyl (C=O) groups is 1. The maximum Gasteiger partial charge on any atom is 0.317 e. The van der Waals surface area contributed by atoms with Gasteiger partial charge in [0.2, 0.25) is 0 Å². The molecule has 6 nitrogen and oxygen atoms in total. The summed E-state index contributed by atoms with van der Waals surface area (Å²) in [5.74, 6) is -0.499. The van der Waals surface area contributed by atoms with Crippen molar-refractivity contribution in [2.24, 2.45) is 0 Å². The summed E-state index contributed by atoms with van der Waals surface area (Å²) in [5, 5.41) is 2.84. The maximum absolute atomic E-state index is 12.7. The molecular weight excluding hydrogens is 263 g/mol. The third-order valence-corrected chi connectivity index (χ3v) is 3.06. The van der Waals surface area contributed by atoms with Crippen LogP contribution in [0.2, 0.25) is 0 Å². The Balaban J connectivity index is 1.86. The molecule has 2 amide bonds. The minimum absolute atomic E-state index is 0.0693. The van der Waals surface area contributed by atoms with Gasteiger partial charge in [0.15, 0.2) is 5.82 Å². The quantitative estimate of drug-likeness (QED) is 0.910. The molecule has 20 heavy (non-hydrogen) atoms. The van der Waals surface area contributed by atoms with E-state index in [-0.39, 0.29) is 18.1 Å². The minimum Gasteiger partial charge on any atom is -0.458 e. The van der Waals surface area contributed by atoms with E-state index in [9.17, 15) is 9.18 Å². The van der Waals surface area contributed by atoms with Crippen molar-refractivity contribution in [1.29, 1.82) is 0 Å². The van der Waals surface area contributed by atoms with E-state index < -0.39 is 5.82 Å². The highest BCUT2D eigenvalue weighted by molar-refractivity contribution is 5.74. The molecule has 0 radical (unpaired) electrons. The molecule has 1 aromatic rings. The smallest absolute Gasteiger partial charge is 0.317 e. The number of hydrogen-bond acceptors (Lipinski definition) is 4. The third-order valence-electron chi connectivity index (χ3n) is 3.06. The van der Waals surface area contributed by atoms with Gasteiger partial charge in [0.1, 0.15) is 6.10 Å². The lowest BCUT2D eigenvalue weighted by Gasteiger charge is -2.32. The molecule has 1 aliphatic rings. The molecule has 0 aliphatic carbocycles. The Morgan fingerprint density at radius 1 is 1.55 bits per heavy atom. The van der Waals surface area contributed by atoms with Crippen molar-refractivity contribution < 1.29 is 13.9 Å². The van der Waals surface area contributed by atoms with E-state index in [1.807, 2.05) is 6.92 Å². The standard InChI is InChI=1S/C13H19FN4O2/c1-2-5-15-13(19)18-6-3-4-11(9-18)20-12-16-7-10(14)8-17-12/h7-8,11H,2-6,9H2,1H3,(H,15,19). The van der Waals surface area contributed by atoms with Gasteiger partial charge in [0.25, 0.3) is 0 Å². The molecule has 0 saturated carbocycles. The van der Waals surface area contributed by atoms with Gasteiger partial charge in [-0.25, -0.2) is 19.2 Å². The van der Waals surface area contributed by atoms with Crippen molar-refractivity contribution >= 4 is 6.03 Å². The third kappa shape index (κ3) is 4.04. The first kappa shape index (κ1) is 14.5. The summed E-state index contributed by atoms with van der Waals surface area (Å²) in [4.78, 5) is 21.1. The fourth-order valence-electron chi connectivity index (χ4n) is 2.07. The van der Waals surface area contributed by atoms with Crippen LogP contribution in [0, 0.1) is 5.82 Å². The highest BCUT2D eigenvalue weighted by atomic mass is 19.1. The number of carbonyl (C=O) groups excluding carboxylic acids is 1. The lowest BCUT2D eigenvalue weighted by atomic mass is 10.1. The second kappa shape index (κ2) is 7.02. The number of rotatable bonds is 4. The SMILES string of the molecule is CCCNC(=O)N1CCCC(Oc2ncc(F)cn2)C1. The molecule has 1 unspecified atom stereocenters. The van der Waals surface area contributed by atoms with Gasteiger partial charge in [-0.2, -0.15) is 0 Å². The van der Waals surface area contributed by atoms with Crippen LogP contribution in [0.15, 0.2) is 12.4 Å².